The molecule has 0 aliphatic rings. The molecule has 0 aliphatic heterocycles. The maximum atomic E-state index is 8.00. The molecule has 0 spiro atoms. The zero-order valence-electron chi connectivity index (χ0n) is 5.84. The van der Waals surface area contributed by atoms with Crippen molar-refractivity contribution in [3.63, 3.8) is 0 Å². The van der Waals surface area contributed by atoms with Gasteiger partial charge in [-0.1, -0.05) is 0 Å². The molecule has 0 heterocycles. The Hall–Kier alpha value is -0.946. The number of hydrogen-bond acceptors (Lipinski definition) is 6. The summed E-state index contributed by atoms with van der Waals surface area (Å²) >= 11 is 0. The predicted molar refractivity (Wildman–Crippen MR) is 40.0 cm³/mol. The molecule has 92 valence electrons. The van der Waals surface area contributed by atoms with Crippen molar-refractivity contribution < 1.29 is 49.3 Å². The Morgan fingerprint density at radius 3 is 0.615 bits per heavy atom. The van der Waals surface area contributed by atoms with E-state index in [0.717, 1.165) is 10.7 Å². The summed E-state index contributed by atoms with van der Waals surface area (Å²) in [6, 6.07) is 0. The van der Waals surface area contributed by atoms with E-state index in [2.05, 4.69) is 0 Å². The van der Waals surface area contributed by atoms with Crippen LogP contribution in [0.25, 0.3) is 0 Å². The van der Waals surface area contributed by atoms with Gasteiger partial charge in [-0.25, -0.2) is 0 Å². The smallest absolute Gasteiger partial charge is 0.444 e. The van der Waals surface area contributed by atoms with E-state index >= 15 is 0 Å². The third kappa shape index (κ3) is 1010. The van der Waals surface area contributed by atoms with E-state index in [4.69, 9.17) is 20.2 Å². The Kier molecular flexibility index (Phi) is 12200. The van der Waals surface area contributed by atoms with E-state index in [1.165, 1.54) is 0 Å². The van der Waals surface area contributed by atoms with Crippen molar-refractivity contribution in [1.29, 1.82) is 0 Å². The first-order chi connectivity index (χ1) is 2.83. The Labute approximate surface area is 81.2 Å². The molecule has 0 aromatic heterocycles. The quantitative estimate of drug-likeness (QED) is 0.235. The van der Waals surface area contributed by atoms with Gasteiger partial charge in [0.15, 0.2) is 0 Å². The van der Waals surface area contributed by atoms with Crippen LogP contribution in [0.5, 0.6) is 0 Å². The summed E-state index contributed by atoms with van der Waals surface area (Å²) in [5, 5.41) is 18.0. The van der Waals surface area contributed by atoms with E-state index in [1.54, 1.807) is 0 Å². The molecular formula is H12N2NiO10. The van der Waals surface area contributed by atoms with E-state index in [-0.39, 0.29) is 49.3 Å². The maximum Gasteiger partial charge on any atom is 2.00 e. The van der Waals surface area contributed by atoms with Crippen molar-refractivity contribution in [3.8, 4) is 0 Å². The van der Waals surface area contributed by atoms with Gasteiger partial charge in [0, 0.05) is 0 Å². The van der Waals surface area contributed by atoms with Gasteiger partial charge in [0.05, 0.1) is 0 Å². The SMILES string of the molecule is O.O.O.O.O.O.O=N[O-].O=N[O-].[Ni+2]. The second kappa shape index (κ2) is 1010. The first-order valence-electron chi connectivity index (χ1n) is 0.730. The van der Waals surface area contributed by atoms with E-state index in [9.17, 15) is 0 Å². The molecule has 13 heteroatoms. The predicted octanol–water partition coefficient (Wildman–Crippen LogP) is -4.45. The third-order valence-corrected chi connectivity index (χ3v) is 0. The van der Waals surface area contributed by atoms with Crippen molar-refractivity contribution in [2.24, 2.45) is 10.7 Å². The number of rotatable bonds is 0. The van der Waals surface area contributed by atoms with Crippen LogP contribution in [0.4, 0.5) is 0 Å². The van der Waals surface area contributed by atoms with Crippen LogP contribution in [0.1, 0.15) is 0 Å². The molecule has 0 amide bonds. The largest absolute Gasteiger partial charge is 2.00 e. The van der Waals surface area contributed by atoms with Crippen LogP contribution in [-0.2, 0) is 16.5 Å². The van der Waals surface area contributed by atoms with Crippen LogP contribution in [0.3, 0.4) is 0 Å². The molecular weight excluding hydrogens is 247 g/mol. The zero-order valence-corrected chi connectivity index (χ0v) is 6.83. The van der Waals surface area contributed by atoms with E-state index < -0.39 is 0 Å². The van der Waals surface area contributed by atoms with Gasteiger partial charge in [0.2, 0.25) is 0 Å². The normalized spacial score (nSPS) is 1.85. The molecule has 0 saturated carbocycles. The average molecular weight is 259 g/mol. The van der Waals surface area contributed by atoms with Crippen LogP contribution in [0, 0.1) is 20.2 Å². The first kappa shape index (κ1) is 158. The monoisotopic (exact) mass is 258 g/mol. The molecule has 0 atom stereocenters. The minimum absolute atomic E-state index is 0. The Balaban J connectivity index is -0.00000000229. The molecule has 0 unspecified atom stereocenters. The average Bonchev–Trinajstić information content (AvgIpc) is 1.39. The Morgan fingerprint density at radius 2 is 0.615 bits per heavy atom. The molecule has 0 rings (SSSR count). The van der Waals surface area contributed by atoms with Gasteiger partial charge >= 0.3 is 16.5 Å². The van der Waals surface area contributed by atoms with Crippen LogP contribution in [-0.4, -0.2) is 32.9 Å². The van der Waals surface area contributed by atoms with Gasteiger partial charge in [-0.3, -0.25) is 0 Å². The van der Waals surface area contributed by atoms with E-state index in [0.29, 0.717) is 0 Å². The zero-order chi connectivity index (χ0) is 5.41. The van der Waals surface area contributed by atoms with Gasteiger partial charge in [0.25, 0.3) is 0 Å². The summed E-state index contributed by atoms with van der Waals surface area (Å²) in [6.45, 7) is 0. The minimum atomic E-state index is 0. The minimum Gasteiger partial charge on any atom is -0.444 e. The maximum absolute atomic E-state index is 8.00. The van der Waals surface area contributed by atoms with Crippen LogP contribution in [0.2, 0.25) is 0 Å². The van der Waals surface area contributed by atoms with E-state index in [1.807, 2.05) is 0 Å². The van der Waals surface area contributed by atoms with Crippen molar-refractivity contribution in [3.05, 3.63) is 20.2 Å². The fourth-order valence-electron chi connectivity index (χ4n) is 0. The second-order valence-electron chi connectivity index (χ2n) is 0.149. The molecule has 0 bridgehead atoms. The van der Waals surface area contributed by atoms with Gasteiger partial charge in [0.1, 0.15) is 0 Å². The molecule has 0 radical (unpaired) electrons. The third-order valence-electron chi connectivity index (χ3n) is 0. The van der Waals surface area contributed by atoms with Gasteiger partial charge in [-0.15, -0.1) is 10.7 Å². The van der Waals surface area contributed by atoms with Crippen molar-refractivity contribution >= 4 is 0 Å². The van der Waals surface area contributed by atoms with Gasteiger partial charge in [-0.05, 0) is 0 Å². The summed E-state index contributed by atoms with van der Waals surface area (Å²) in [5.74, 6) is 0. The number of nitrogens with zero attached hydrogens (tertiary/aromatic N) is 2. The molecule has 12 nitrogen and oxygen atoms in total. The summed E-state index contributed by atoms with van der Waals surface area (Å²) in [6.07, 6.45) is 0. The topological polar surface area (TPSA) is 294 Å². The van der Waals surface area contributed by atoms with Gasteiger partial charge < -0.3 is 53.1 Å². The van der Waals surface area contributed by atoms with Crippen molar-refractivity contribution in [2.75, 3.05) is 0 Å². The summed E-state index contributed by atoms with van der Waals surface area (Å²) in [4.78, 5) is 16.0. The first-order valence-corrected chi connectivity index (χ1v) is 0.730. The fourth-order valence-corrected chi connectivity index (χ4v) is 0. The van der Waals surface area contributed by atoms with Crippen molar-refractivity contribution in [2.45, 2.75) is 0 Å². The number of hydrogen-bond donors (Lipinski definition) is 0. The molecule has 0 aromatic rings. The molecule has 12 N–H and O–H groups in total. The summed E-state index contributed by atoms with van der Waals surface area (Å²) in [7, 11) is 0. The standard InChI is InChI=1S/2HNO2.Ni.6H2O/c2*2-1-3;;;;;;;/h2*(H,2,3);;6*1H2/q;;+2;;;;;;/p-2. The van der Waals surface area contributed by atoms with Crippen LogP contribution in [0.15, 0.2) is 10.7 Å². The van der Waals surface area contributed by atoms with Crippen LogP contribution >= 0.6 is 0 Å². The van der Waals surface area contributed by atoms with Crippen molar-refractivity contribution in [1.82, 2.24) is 0 Å². The summed E-state index contributed by atoms with van der Waals surface area (Å²) in [5.41, 5.74) is 0. The fraction of sp³-hybridized carbons (Fsp3) is 0. The Bertz CT molecular complexity index is 33.9. The van der Waals surface area contributed by atoms with Gasteiger partial charge in [-0.2, -0.15) is 0 Å². The molecule has 0 aliphatic carbocycles. The van der Waals surface area contributed by atoms with Crippen LogP contribution < -0.4 is 0 Å². The molecule has 0 fully saturated rings. The second-order valence-corrected chi connectivity index (χ2v) is 0.149. The summed E-state index contributed by atoms with van der Waals surface area (Å²) < 4.78 is 0. The Morgan fingerprint density at radius 1 is 0.615 bits per heavy atom. The molecule has 0 aromatic carbocycles. The molecule has 13 heavy (non-hydrogen) atoms. The molecule has 0 saturated heterocycles.